The van der Waals surface area contributed by atoms with Crippen molar-refractivity contribution in [1.82, 2.24) is 14.7 Å². The van der Waals surface area contributed by atoms with E-state index in [4.69, 9.17) is 4.74 Å². The van der Waals surface area contributed by atoms with Crippen molar-refractivity contribution >= 4 is 33.1 Å². The van der Waals surface area contributed by atoms with Gasteiger partial charge in [0.1, 0.15) is 10.6 Å². The molecule has 3 heterocycles. The fourth-order valence-electron chi connectivity index (χ4n) is 4.14. The van der Waals surface area contributed by atoms with Crippen LogP contribution in [-0.4, -0.2) is 53.4 Å². The van der Waals surface area contributed by atoms with Crippen molar-refractivity contribution in [2.45, 2.75) is 13.8 Å². The smallest absolute Gasteiger partial charge is 0.264 e. The second-order valence-electron chi connectivity index (χ2n) is 7.87. The first-order valence-electron chi connectivity index (χ1n) is 11.0. The number of piperazine rings is 1. The zero-order chi connectivity index (χ0) is 22.1. The predicted molar refractivity (Wildman–Crippen MR) is 129 cm³/mol. The van der Waals surface area contributed by atoms with Crippen LogP contribution in [0.15, 0.2) is 60.7 Å². The Morgan fingerprint density at radius 2 is 1.72 bits per heavy atom. The van der Waals surface area contributed by atoms with E-state index in [2.05, 4.69) is 22.1 Å². The zero-order valence-electron chi connectivity index (χ0n) is 18.3. The number of anilines is 1. The van der Waals surface area contributed by atoms with E-state index in [1.807, 2.05) is 72.0 Å². The van der Waals surface area contributed by atoms with Gasteiger partial charge in [-0.15, -0.1) is 11.3 Å². The number of para-hydroxylation sites is 1. The van der Waals surface area contributed by atoms with Crippen LogP contribution >= 0.6 is 11.3 Å². The van der Waals surface area contributed by atoms with E-state index in [-0.39, 0.29) is 5.91 Å². The Hall–Kier alpha value is -3.32. The third-order valence-corrected chi connectivity index (χ3v) is 6.93. The van der Waals surface area contributed by atoms with Gasteiger partial charge >= 0.3 is 0 Å². The van der Waals surface area contributed by atoms with Crippen molar-refractivity contribution in [3.63, 3.8) is 0 Å². The molecule has 0 radical (unpaired) electrons. The molecule has 4 aromatic rings. The zero-order valence-corrected chi connectivity index (χ0v) is 19.1. The summed E-state index contributed by atoms with van der Waals surface area (Å²) < 4.78 is 7.47. The Balaban J connectivity index is 1.30. The standard InChI is InChI=1S/C25H26N4O2S/c1-3-31-21-11-9-19(10-12-21)27-13-15-28(16-14-27)24(30)23-17-22-18(2)26-29(25(22)32-23)20-7-5-4-6-8-20/h4-12,17H,3,13-16H2,1-2H3. The number of aryl methyl sites for hydroxylation is 1. The van der Waals surface area contributed by atoms with Gasteiger partial charge < -0.3 is 14.5 Å². The molecular formula is C25H26N4O2S. The van der Waals surface area contributed by atoms with E-state index < -0.39 is 0 Å². The normalized spacial score (nSPS) is 14.2. The topological polar surface area (TPSA) is 50.6 Å². The number of thiophene rings is 1. The number of carbonyl (C=O) groups is 1. The molecule has 1 aliphatic rings. The first-order chi connectivity index (χ1) is 15.6. The van der Waals surface area contributed by atoms with Crippen LogP contribution in [0.5, 0.6) is 5.75 Å². The van der Waals surface area contributed by atoms with E-state index >= 15 is 0 Å². The number of nitrogens with zero attached hydrogens (tertiary/aromatic N) is 4. The number of ether oxygens (including phenoxy) is 1. The van der Waals surface area contributed by atoms with E-state index in [1.54, 1.807) is 0 Å². The molecule has 7 heteroatoms. The maximum Gasteiger partial charge on any atom is 0.264 e. The fraction of sp³-hybridized carbons (Fsp3) is 0.280. The van der Waals surface area contributed by atoms with Crippen molar-refractivity contribution in [3.05, 3.63) is 71.2 Å². The van der Waals surface area contributed by atoms with Gasteiger partial charge in [0.2, 0.25) is 0 Å². The van der Waals surface area contributed by atoms with E-state index in [0.717, 1.165) is 45.3 Å². The largest absolute Gasteiger partial charge is 0.494 e. The van der Waals surface area contributed by atoms with E-state index in [0.29, 0.717) is 19.7 Å². The van der Waals surface area contributed by atoms with Crippen molar-refractivity contribution in [2.24, 2.45) is 0 Å². The first kappa shape index (κ1) is 20.6. The molecule has 2 aromatic heterocycles. The lowest BCUT2D eigenvalue weighted by atomic mass is 10.2. The summed E-state index contributed by atoms with van der Waals surface area (Å²) in [5, 5.41) is 5.73. The van der Waals surface area contributed by atoms with Gasteiger partial charge in [0.15, 0.2) is 0 Å². The first-order valence-corrected chi connectivity index (χ1v) is 11.8. The lowest BCUT2D eigenvalue weighted by Crippen LogP contribution is -2.48. The molecule has 6 nitrogen and oxygen atoms in total. The molecule has 0 N–H and O–H groups in total. The summed E-state index contributed by atoms with van der Waals surface area (Å²) in [6.45, 7) is 7.72. The Bertz CT molecular complexity index is 1220. The molecule has 0 spiro atoms. The van der Waals surface area contributed by atoms with Gasteiger partial charge in [-0.1, -0.05) is 18.2 Å². The summed E-state index contributed by atoms with van der Waals surface area (Å²) in [6, 6.07) is 20.3. The molecule has 0 atom stereocenters. The average Bonchev–Trinajstić information content (AvgIpc) is 3.41. The molecule has 0 saturated carbocycles. The second kappa shape index (κ2) is 8.67. The van der Waals surface area contributed by atoms with Crippen LogP contribution in [0.4, 0.5) is 5.69 Å². The summed E-state index contributed by atoms with van der Waals surface area (Å²) in [7, 11) is 0. The minimum absolute atomic E-state index is 0.108. The van der Waals surface area contributed by atoms with Crippen LogP contribution in [0, 0.1) is 6.92 Å². The van der Waals surface area contributed by atoms with Crippen LogP contribution in [0.25, 0.3) is 15.9 Å². The number of benzene rings is 2. The number of fused-ring (bicyclic) bond motifs is 1. The number of hydrogen-bond acceptors (Lipinski definition) is 5. The molecule has 1 aliphatic heterocycles. The van der Waals surface area contributed by atoms with E-state index in [9.17, 15) is 4.79 Å². The monoisotopic (exact) mass is 446 g/mol. The molecule has 1 saturated heterocycles. The molecule has 1 fully saturated rings. The molecule has 0 unspecified atom stereocenters. The predicted octanol–water partition coefficient (Wildman–Crippen LogP) is 4.76. The van der Waals surface area contributed by atoms with Crippen molar-refractivity contribution < 1.29 is 9.53 Å². The Morgan fingerprint density at radius 1 is 1.00 bits per heavy atom. The highest BCUT2D eigenvalue weighted by atomic mass is 32.1. The molecule has 5 rings (SSSR count). The minimum Gasteiger partial charge on any atom is -0.494 e. The molecule has 0 bridgehead atoms. The highest BCUT2D eigenvalue weighted by Crippen LogP contribution is 2.31. The number of rotatable bonds is 5. The van der Waals surface area contributed by atoms with Gasteiger partial charge in [0.25, 0.3) is 5.91 Å². The number of aromatic nitrogens is 2. The van der Waals surface area contributed by atoms with Crippen LogP contribution < -0.4 is 9.64 Å². The maximum atomic E-state index is 13.3. The third kappa shape index (κ3) is 3.84. The highest BCUT2D eigenvalue weighted by Gasteiger charge is 2.25. The quantitative estimate of drug-likeness (QED) is 0.444. The summed E-state index contributed by atoms with van der Waals surface area (Å²) >= 11 is 1.53. The van der Waals surface area contributed by atoms with Crippen LogP contribution in [-0.2, 0) is 0 Å². The van der Waals surface area contributed by atoms with Crippen LogP contribution in [0.1, 0.15) is 22.3 Å². The Morgan fingerprint density at radius 3 is 2.41 bits per heavy atom. The average molecular weight is 447 g/mol. The van der Waals surface area contributed by atoms with Gasteiger partial charge in [-0.25, -0.2) is 4.68 Å². The minimum atomic E-state index is 0.108. The summed E-state index contributed by atoms with van der Waals surface area (Å²) in [5.74, 6) is 0.996. The van der Waals surface area contributed by atoms with Crippen LogP contribution in [0.3, 0.4) is 0 Å². The Kier molecular flexibility index (Phi) is 5.57. The maximum absolute atomic E-state index is 13.3. The van der Waals surface area contributed by atoms with Gasteiger partial charge in [-0.3, -0.25) is 4.79 Å². The molecule has 164 valence electrons. The van der Waals surface area contributed by atoms with Crippen molar-refractivity contribution in [1.29, 1.82) is 0 Å². The second-order valence-corrected chi connectivity index (χ2v) is 8.90. The third-order valence-electron chi connectivity index (χ3n) is 5.84. The summed E-state index contributed by atoms with van der Waals surface area (Å²) in [4.78, 5) is 19.3. The molecule has 2 aromatic carbocycles. The van der Waals surface area contributed by atoms with Gasteiger partial charge in [-0.05, 0) is 56.3 Å². The molecule has 0 aliphatic carbocycles. The van der Waals surface area contributed by atoms with Gasteiger partial charge in [0.05, 0.1) is 22.9 Å². The molecule has 1 amide bonds. The molecule has 32 heavy (non-hydrogen) atoms. The summed E-state index contributed by atoms with van der Waals surface area (Å²) in [5.41, 5.74) is 3.12. The van der Waals surface area contributed by atoms with E-state index in [1.165, 1.54) is 17.0 Å². The number of hydrogen-bond donors (Lipinski definition) is 0. The SMILES string of the molecule is CCOc1ccc(N2CCN(C(=O)c3cc4c(C)nn(-c5ccccc5)c4s3)CC2)cc1. The summed E-state index contributed by atoms with van der Waals surface area (Å²) in [6.07, 6.45) is 0. The van der Waals surface area contributed by atoms with Crippen molar-refractivity contribution in [3.8, 4) is 11.4 Å². The van der Waals surface area contributed by atoms with Crippen molar-refractivity contribution in [2.75, 3.05) is 37.7 Å². The lowest BCUT2D eigenvalue weighted by Gasteiger charge is -2.36. The van der Waals surface area contributed by atoms with Crippen LogP contribution in [0.2, 0.25) is 0 Å². The fourth-order valence-corrected chi connectivity index (χ4v) is 5.29. The number of carbonyl (C=O) groups excluding carboxylic acids is 1. The highest BCUT2D eigenvalue weighted by molar-refractivity contribution is 7.20. The lowest BCUT2D eigenvalue weighted by molar-refractivity contribution is 0.0751. The molecular weight excluding hydrogens is 420 g/mol. The van der Waals surface area contributed by atoms with Gasteiger partial charge in [-0.2, -0.15) is 5.10 Å². The number of amides is 1. The Labute approximate surface area is 191 Å². The van der Waals surface area contributed by atoms with Gasteiger partial charge in [0, 0.05) is 37.3 Å².